The van der Waals surface area contributed by atoms with Gasteiger partial charge in [-0.1, -0.05) is 12.1 Å². The molecule has 0 aliphatic heterocycles. The lowest BCUT2D eigenvalue weighted by molar-refractivity contribution is -0.120. The van der Waals surface area contributed by atoms with Crippen LogP contribution >= 0.6 is 0 Å². The number of carbonyl (C=O) groups excluding carboxylic acids is 1. The average Bonchev–Trinajstić information content (AvgIpc) is 2.41. The van der Waals surface area contributed by atoms with Gasteiger partial charge in [0.05, 0.1) is 18.9 Å². The summed E-state index contributed by atoms with van der Waals surface area (Å²) in [7, 11) is -1.48. The van der Waals surface area contributed by atoms with Gasteiger partial charge in [0.2, 0.25) is 0 Å². The average molecular weight is 299 g/mol. The number of hydrogen-bond acceptors (Lipinski definition) is 5. The van der Waals surface area contributed by atoms with Crippen molar-refractivity contribution >= 4 is 15.6 Å². The van der Waals surface area contributed by atoms with Crippen LogP contribution in [0.25, 0.3) is 0 Å². The molecule has 1 aromatic carbocycles. The largest absolute Gasteiger partial charge is 0.497 e. The van der Waals surface area contributed by atoms with Crippen LogP contribution in [-0.2, 0) is 21.1 Å². The number of ether oxygens (including phenoxy) is 1. The predicted octanol–water partition coefficient (Wildman–Crippen LogP) is 0.959. The van der Waals surface area contributed by atoms with E-state index in [0.29, 0.717) is 12.8 Å². The quantitative estimate of drug-likeness (QED) is 0.772. The standard InChI is InChI=1S/C14H21NO4S/c1-19-12-6-3-11(4-7-12)5-8-14(16)13(15)9-10-20(2,17)18/h3-4,6-7,13H,5,8-10,15H2,1-2H3. The number of methoxy groups -OCH3 is 1. The first kappa shape index (κ1) is 16.7. The molecule has 0 heterocycles. The van der Waals surface area contributed by atoms with E-state index in [1.54, 1.807) is 7.11 Å². The summed E-state index contributed by atoms with van der Waals surface area (Å²) in [6, 6.07) is 6.76. The zero-order valence-electron chi connectivity index (χ0n) is 11.8. The van der Waals surface area contributed by atoms with E-state index in [9.17, 15) is 13.2 Å². The molecule has 1 atom stereocenters. The SMILES string of the molecule is COc1ccc(CCC(=O)C(N)CCS(C)(=O)=O)cc1. The number of ketones is 1. The summed E-state index contributed by atoms with van der Waals surface area (Å²) in [5, 5.41) is 0. The van der Waals surface area contributed by atoms with Gasteiger partial charge in [-0.05, 0) is 30.5 Å². The molecular weight excluding hydrogens is 278 g/mol. The van der Waals surface area contributed by atoms with Crippen molar-refractivity contribution in [3.05, 3.63) is 29.8 Å². The molecule has 0 fully saturated rings. The Morgan fingerprint density at radius 1 is 1.30 bits per heavy atom. The maximum absolute atomic E-state index is 11.8. The van der Waals surface area contributed by atoms with Crippen molar-refractivity contribution in [3.63, 3.8) is 0 Å². The number of sulfone groups is 1. The molecule has 0 radical (unpaired) electrons. The topological polar surface area (TPSA) is 86.5 Å². The molecule has 0 aliphatic carbocycles. The minimum Gasteiger partial charge on any atom is -0.497 e. The molecule has 0 saturated carbocycles. The van der Waals surface area contributed by atoms with Crippen LogP contribution in [0.15, 0.2) is 24.3 Å². The molecule has 2 N–H and O–H groups in total. The van der Waals surface area contributed by atoms with Gasteiger partial charge in [-0.15, -0.1) is 0 Å². The van der Waals surface area contributed by atoms with Crippen LogP contribution in [0.4, 0.5) is 0 Å². The van der Waals surface area contributed by atoms with E-state index in [0.717, 1.165) is 17.6 Å². The van der Waals surface area contributed by atoms with Gasteiger partial charge in [-0.3, -0.25) is 4.79 Å². The Labute approximate surface area is 120 Å². The van der Waals surface area contributed by atoms with Crippen molar-refractivity contribution < 1.29 is 17.9 Å². The third-order valence-corrected chi connectivity index (χ3v) is 4.01. The molecule has 0 aliphatic rings. The maximum Gasteiger partial charge on any atom is 0.149 e. The van der Waals surface area contributed by atoms with Crippen LogP contribution < -0.4 is 10.5 Å². The highest BCUT2D eigenvalue weighted by atomic mass is 32.2. The van der Waals surface area contributed by atoms with E-state index in [-0.39, 0.29) is 18.0 Å². The molecule has 20 heavy (non-hydrogen) atoms. The van der Waals surface area contributed by atoms with Crippen LogP contribution in [-0.4, -0.2) is 39.4 Å². The Balaban J connectivity index is 2.41. The number of aryl methyl sites for hydroxylation is 1. The molecule has 1 aromatic rings. The normalized spacial score (nSPS) is 12.9. The third kappa shape index (κ3) is 6.16. The van der Waals surface area contributed by atoms with E-state index >= 15 is 0 Å². The van der Waals surface area contributed by atoms with Crippen LogP contribution in [0.5, 0.6) is 5.75 Å². The second-order valence-electron chi connectivity index (χ2n) is 4.84. The van der Waals surface area contributed by atoms with Crippen molar-refractivity contribution in [1.82, 2.24) is 0 Å². The molecule has 0 amide bonds. The lowest BCUT2D eigenvalue weighted by Crippen LogP contribution is -2.32. The fourth-order valence-electron chi connectivity index (χ4n) is 1.75. The van der Waals surface area contributed by atoms with E-state index in [2.05, 4.69) is 0 Å². The van der Waals surface area contributed by atoms with Gasteiger partial charge in [-0.25, -0.2) is 8.42 Å². The second kappa shape index (κ2) is 7.40. The Kier molecular flexibility index (Phi) is 6.16. The van der Waals surface area contributed by atoms with Crippen LogP contribution in [0.3, 0.4) is 0 Å². The lowest BCUT2D eigenvalue weighted by Gasteiger charge is -2.10. The van der Waals surface area contributed by atoms with Gasteiger partial charge in [0.15, 0.2) is 0 Å². The summed E-state index contributed by atoms with van der Waals surface area (Å²) < 4.78 is 27.1. The molecule has 112 valence electrons. The van der Waals surface area contributed by atoms with Gasteiger partial charge in [0.1, 0.15) is 21.4 Å². The van der Waals surface area contributed by atoms with E-state index < -0.39 is 15.9 Å². The maximum atomic E-state index is 11.8. The number of carbonyl (C=O) groups is 1. The highest BCUT2D eigenvalue weighted by Crippen LogP contribution is 2.13. The summed E-state index contributed by atoms with van der Waals surface area (Å²) in [5.41, 5.74) is 6.72. The lowest BCUT2D eigenvalue weighted by atomic mass is 10.0. The monoisotopic (exact) mass is 299 g/mol. The number of Topliss-reactive ketones (excluding diaryl/α,β-unsaturated/α-hetero) is 1. The smallest absolute Gasteiger partial charge is 0.149 e. The number of rotatable bonds is 8. The van der Waals surface area contributed by atoms with E-state index in [1.165, 1.54) is 0 Å². The minimum atomic E-state index is -3.07. The molecule has 5 nitrogen and oxygen atoms in total. The zero-order valence-corrected chi connectivity index (χ0v) is 12.7. The third-order valence-electron chi connectivity index (χ3n) is 3.03. The van der Waals surface area contributed by atoms with E-state index in [4.69, 9.17) is 10.5 Å². The Bertz CT molecular complexity index is 537. The molecule has 6 heteroatoms. The molecule has 1 unspecified atom stereocenters. The molecular formula is C14H21NO4S. The van der Waals surface area contributed by atoms with Crippen molar-refractivity contribution in [2.75, 3.05) is 19.1 Å². The van der Waals surface area contributed by atoms with Gasteiger partial charge < -0.3 is 10.5 Å². The fraction of sp³-hybridized carbons (Fsp3) is 0.500. The zero-order chi connectivity index (χ0) is 15.2. The predicted molar refractivity (Wildman–Crippen MR) is 78.6 cm³/mol. The van der Waals surface area contributed by atoms with Gasteiger partial charge in [0.25, 0.3) is 0 Å². The first-order valence-electron chi connectivity index (χ1n) is 6.41. The highest BCUT2D eigenvalue weighted by molar-refractivity contribution is 7.90. The van der Waals surface area contributed by atoms with E-state index in [1.807, 2.05) is 24.3 Å². The summed E-state index contributed by atoms with van der Waals surface area (Å²) in [5.74, 6) is 0.608. The second-order valence-corrected chi connectivity index (χ2v) is 7.10. The molecule has 0 aromatic heterocycles. The van der Waals surface area contributed by atoms with Crippen molar-refractivity contribution in [2.24, 2.45) is 5.73 Å². The minimum absolute atomic E-state index is 0.0531. The first-order valence-corrected chi connectivity index (χ1v) is 8.47. The Morgan fingerprint density at radius 3 is 2.40 bits per heavy atom. The number of benzene rings is 1. The summed E-state index contributed by atoms with van der Waals surface area (Å²) >= 11 is 0. The fourth-order valence-corrected chi connectivity index (χ4v) is 2.43. The van der Waals surface area contributed by atoms with Crippen LogP contribution in [0.2, 0.25) is 0 Å². The summed E-state index contributed by atoms with van der Waals surface area (Å²) in [6.45, 7) is 0. The number of nitrogens with two attached hydrogens (primary N) is 1. The first-order chi connectivity index (χ1) is 9.31. The van der Waals surface area contributed by atoms with Gasteiger partial charge in [0, 0.05) is 12.7 Å². The Morgan fingerprint density at radius 2 is 1.90 bits per heavy atom. The molecule has 0 saturated heterocycles. The highest BCUT2D eigenvalue weighted by Gasteiger charge is 2.15. The summed E-state index contributed by atoms with van der Waals surface area (Å²) in [6.07, 6.45) is 2.23. The summed E-state index contributed by atoms with van der Waals surface area (Å²) in [4.78, 5) is 11.8. The van der Waals surface area contributed by atoms with Gasteiger partial charge in [-0.2, -0.15) is 0 Å². The molecule has 0 spiro atoms. The Hall–Kier alpha value is -1.40. The van der Waals surface area contributed by atoms with Crippen LogP contribution in [0.1, 0.15) is 18.4 Å². The van der Waals surface area contributed by atoms with Crippen molar-refractivity contribution in [2.45, 2.75) is 25.3 Å². The van der Waals surface area contributed by atoms with Crippen LogP contribution in [0, 0.1) is 0 Å². The van der Waals surface area contributed by atoms with Gasteiger partial charge >= 0.3 is 0 Å². The van der Waals surface area contributed by atoms with Crippen molar-refractivity contribution in [1.29, 1.82) is 0 Å². The number of hydrogen-bond donors (Lipinski definition) is 1. The van der Waals surface area contributed by atoms with Crippen molar-refractivity contribution in [3.8, 4) is 5.75 Å². The molecule has 0 bridgehead atoms. The molecule has 1 rings (SSSR count).